The molecule has 21 heavy (non-hydrogen) atoms. The summed E-state index contributed by atoms with van der Waals surface area (Å²) in [4.78, 5) is 6.95. The van der Waals surface area contributed by atoms with Crippen molar-refractivity contribution in [2.75, 3.05) is 31.6 Å². The Kier molecular flexibility index (Phi) is 3.20. The van der Waals surface area contributed by atoms with Crippen LogP contribution >= 0.6 is 0 Å². The van der Waals surface area contributed by atoms with Crippen molar-refractivity contribution in [1.29, 1.82) is 0 Å². The van der Waals surface area contributed by atoms with Crippen molar-refractivity contribution in [3.8, 4) is 0 Å². The van der Waals surface area contributed by atoms with Crippen molar-refractivity contribution < 1.29 is 9.94 Å². The molecule has 2 aliphatic rings. The van der Waals surface area contributed by atoms with Gasteiger partial charge in [0, 0.05) is 12.6 Å². The van der Waals surface area contributed by atoms with E-state index in [1.54, 1.807) is 0 Å². The summed E-state index contributed by atoms with van der Waals surface area (Å²) in [6.07, 6.45) is 2.27. The maximum absolute atomic E-state index is 10.2. The van der Waals surface area contributed by atoms with Crippen LogP contribution in [0.25, 0.3) is 11.0 Å². The van der Waals surface area contributed by atoms with Crippen LogP contribution < -0.4 is 5.32 Å². The Morgan fingerprint density at radius 1 is 1.29 bits per heavy atom. The summed E-state index contributed by atoms with van der Waals surface area (Å²) >= 11 is 0. The summed E-state index contributed by atoms with van der Waals surface area (Å²) in [6.45, 7) is 3.83. The molecule has 2 aliphatic heterocycles. The van der Waals surface area contributed by atoms with E-state index in [1.165, 1.54) is 6.42 Å². The Bertz CT molecular complexity index is 638. The van der Waals surface area contributed by atoms with Crippen LogP contribution in [-0.2, 0) is 4.74 Å². The topological polar surface area (TPSA) is 62.5 Å². The molecule has 1 aromatic carbocycles. The van der Waals surface area contributed by atoms with Gasteiger partial charge in [-0.1, -0.05) is 12.1 Å². The zero-order valence-corrected chi connectivity index (χ0v) is 11.9. The number of ether oxygens (including phenoxy) is 1. The van der Waals surface area contributed by atoms with Crippen LogP contribution in [0.4, 0.5) is 5.95 Å². The third kappa shape index (κ3) is 2.34. The first-order valence-corrected chi connectivity index (χ1v) is 7.56. The van der Waals surface area contributed by atoms with Gasteiger partial charge in [0.25, 0.3) is 0 Å². The van der Waals surface area contributed by atoms with Crippen LogP contribution in [-0.4, -0.2) is 58.2 Å². The number of aromatic nitrogens is 2. The number of hydrogen-bond acceptors (Lipinski definition) is 5. The average molecular weight is 288 g/mol. The van der Waals surface area contributed by atoms with Crippen molar-refractivity contribution in [3.05, 3.63) is 24.3 Å². The SMILES string of the molecule is On1c(NC2CCCN(C3COC3)C2)nc2ccccc21. The van der Waals surface area contributed by atoms with E-state index >= 15 is 0 Å². The summed E-state index contributed by atoms with van der Waals surface area (Å²) in [5.74, 6) is 0.535. The van der Waals surface area contributed by atoms with E-state index in [4.69, 9.17) is 4.74 Å². The quantitative estimate of drug-likeness (QED) is 0.839. The van der Waals surface area contributed by atoms with Crippen molar-refractivity contribution >= 4 is 17.0 Å². The Morgan fingerprint density at radius 3 is 2.90 bits per heavy atom. The molecule has 0 radical (unpaired) electrons. The van der Waals surface area contributed by atoms with Gasteiger partial charge in [-0.2, -0.15) is 0 Å². The van der Waals surface area contributed by atoms with Gasteiger partial charge in [0.1, 0.15) is 5.52 Å². The van der Waals surface area contributed by atoms with Gasteiger partial charge in [0.15, 0.2) is 0 Å². The fourth-order valence-corrected chi connectivity index (χ4v) is 3.18. The van der Waals surface area contributed by atoms with Crippen LogP contribution in [0, 0.1) is 0 Å². The molecular formula is C15H20N4O2. The zero-order chi connectivity index (χ0) is 14.2. The number of anilines is 1. The van der Waals surface area contributed by atoms with E-state index in [1.807, 2.05) is 24.3 Å². The number of nitrogens with zero attached hydrogens (tertiary/aromatic N) is 3. The lowest BCUT2D eigenvalue weighted by Gasteiger charge is -2.42. The minimum absolute atomic E-state index is 0.321. The number of hydrogen-bond donors (Lipinski definition) is 2. The lowest BCUT2D eigenvalue weighted by molar-refractivity contribution is -0.0710. The maximum Gasteiger partial charge on any atom is 0.237 e. The van der Waals surface area contributed by atoms with Gasteiger partial charge >= 0.3 is 0 Å². The maximum atomic E-state index is 10.2. The van der Waals surface area contributed by atoms with Crippen LogP contribution in [0.15, 0.2) is 24.3 Å². The summed E-state index contributed by atoms with van der Waals surface area (Å²) in [5, 5.41) is 13.6. The fraction of sp³-hybridized carbons (Fsp3) is 0.533. The molecule has 2 fully saturated rings. The number of rotatable bonds is 3. The first kappa shape index (κ1) is 12.9. The Hall–Kier alpha value is -1.79. The number of piperidine rings is 1. The first-order chi connectivity index (χ1) is 10.3. The van der Waals surface area contributed by atoms with Gasteiger partial charge in [-0.3, -0.25) is 4.90 Å². The van der Waals surface area contributed by atoms with Crippen molar-refractivity contribution in [2.24, 2.45) is 0 Å². The molecule has 1 unspecified atom stereocenters. The number of nitrogens with one attached hydrogen (secondary N) is 1. The Balaban J connectivity index is 1.50. The molecule has 112 valence electrons. The van der Waals surface area contributed by atoms with Gasteiger partial charge < -0.3 is 15.3 Å². The van der Waals surface area contributed by atoms with E-state index < -0.39 is 0 Å². The van der Waals surface area contributed by atoms with Crippen LogP contribution in [0.1, 0.15) is 12.8 Å². The highest BCUT2D eigenvalue weighted by Gasteiger charge is 2.30. The molecule has 0 aliphatic carbocycles. The molecule has 6 heteroatoms. The molecular weight excluding hydrogens is 268 g/mol. The van der Waals surface area contributed by atoms with E-state index in [9.17, 15) is 5.21 Å². The van der Waals surface area contributed by atoms with Gasteiger partial charge in [0.2, 0.25) is 5.95 Å². The highest BCUT2D eigenvalue weighted by atomic mass is 16.5. The summed E-state index contributed by atoms with van der Waals surface area (Å²) in [6, 6.07) is 8.50. The van der Waals surface area contributed by atoms with Gasteiger partial charge in [-0.05, 0) is 31.5 Å². The zero-order valence-electron chi connectivity index (χ0n) is 11.9. The van der Waals surface area contributed by atoms with Gasteiger partial charge in [-0.25, -0.2) is 4.98 Å². The first-order valence-electron chi connectivity index (χ1n) is 7.56. The number of para-hydroxylation sites is 2. The molecule has 0 spiro atoms. The van der Waals surface area contributed by atoms with E-state index in [2.05, 4.69) is 15.2 Å². The lowest BCUT2D eigenvalue weighted by atomic mass is 10.0. The fourth-order valence-electron chi connectivity index (χ4n) is 3.18. The van der Waals surface area contributed by atoms with E-state index in [0.717, 1.165) is 48.5 Å². The molecule has 2 aromatic rings. The second kappa shape index (κ2) is 5.20. The predicted octanol–water partition coefficient (Wildman–Crippen LogP) is 1.55. The highest BCUT2D eigenvalue weighted by Crippen LogP contribution is 2.22. The minimum Gasteiger partial charge on any atom is -0.425 e. The Morgan fingerprint density at radius 2 is 2.14 bits per heavy atom. The molecule has 0 bridgehead atoms. The molecule has 6 nitrogen and oxygen atoms in total. The largest absolute Gasteiger partial charge is 0.425 e. The monoisotopic (exact) mass is 288 g/mol. The summed E-state index contributed by atoms with van der Waals surface area (Å²) in [5.41, 5.74) is 1.54. The summed E-state index contributed by atoms with van der Waals surface area (Å²) in [7, 11) is 0. The number of benzene rings is 1. The van der Waals surface area contributed by atoms with Crippen LogP contribution in [0.3, 0.4) is 0 Å². The van der Waals surface area contributed by atoms with Gasteiger partial charge in [-0.15, -0.1) is 4.73 Å². The molecule has 3 heterocycles. The molecule has 0 amide bonds. The third-order valence-electron chi connectivity index (χ3n) is 4.46. The lowest BCUT2D eigenvalue weighted by Crippen LogP contribution is -2.54. The van der Waals surface area contributed by atoms with Crippen molar-refractivity contribution in [2.45, 2.75) is 24.9 Å². The van der Waals surface area contributed by atoms with Crippen molar-refractivity contribution in [3.63, 3.8) is 0 Å². The standard InChI is InChI=1S/C15H20N4O2/c20-19-14-6-2-1-5-13(14)17-15(19)16-11-4-3-7-18(8-11)12-9-21-10-12/h1-2,5-6,11-12,20H,3-4,7-10H2,(H,16,17). The molecule has 1 aromatic heterocycles. The minimum atomic E-state index is 0.321. The van der Waals surface area contributed by atoms with E-state index in [0.29, 0.717) is 18.0 Å². The van der Waals surface area contributed by atoms with Crippen molar-refractivity contribution in [1.82, 2.24) is 14.6 Å². The normalized spacial score (nSPS) is 24.1. The summed E-state index contributed by atoms with van der Waals surface area (Å²) < 4.78 is 6.44. The van der Waals surface area contributed by atoms with E-state index in [-0.39, 0.29) is 0 Å². The molecule has 2 saturated heterocycles. The second-order valence-corrected chi connectivity index (χ2v) is 5.91. The third-order valence-corrected chi connectivity index (χ3v) is 4.46. The highest BCUT2D eigenvalue weighted by molar-refractivity contribution is 5.78. The molecule has 1 atom stereocenters. The number of imidazole rings is 1. The molecule has 0 saturated carbocycles. The number of fused-ring (bicyclic) bond motifs is 1. The van der Waals surface area contributed by atoms with Crippen LogP contribution in [0.2, 0.25) is 0 Å². The average Bonchev–Trinajstić information content (AvgIpc) is 2.75. The Labute approximate surface area is 123 Å². The predicted molar refractivity (Wildman–Crippen MR) is 79.7 cm³/mol. The molecule has 2 N–H and O–H groups in total. The smallest absolute Gasteiger partial charge is 0.237 e. The van der Waals surface area contributed by atoms with Gasteiger partial charge in [0.05, 0.1) is 24.8 Å². The van der Waals surface area contributed by atoms with Crippen LogP contribution in [0.5, 0.6) is 0 Å². The number of likely N-dealkylation sites (tertiary alicyclic amines) is 1. The second-order valence-electron chi connectivity index (χ2n) is 5.91. The molecule has 4 rings (SSSR count).